The maximum absolute atomic E-state index is 11.3. The van der Waals surface area contributed by atoms with Gasteiger partial charge in [0.15, 0.2) is 0 Å². The van der Waals surface area contributed by atoms with Crippen molar-refractivity contribution in [3.05, 3.63) is 23.8 Å². The predicted octanol–water partition coefficient (Wildman–Crippen LogP) is 1.56. The second-order valence-corrected chi connectivity index (χ2v) is 5.11. The van der Waals surface area contributed by atoms with Crippen molar-refractivity contribution in [3.8, 4) is 0 Å². The van der Waals surface area contributed by atoms with Crippen molar-refractivity contribution in [1.82, 2.24) is 0 Å². The van der Waals surface area contributed by atoms with Gasteiger partial charge in [0.05, 0.1) is 23.0 Å². The zero-order chi connectivity index (χ0) is 14.0. The van der Waals surface area contributed by atoms with E-state index in [9.17, 15) is 15.0 Å². The molecule has 0 bridgehead atoms. The highest BCUT2D eigenvalue weighted by molar-refractivity contribution is 5.98. The maximum atomic E-state index is 11.3. The van der Waals surface area contributed by atoms with Gasteiger partial charge in [0.25, 0.3) is 0 Å². The first kappa shape index (κ1) is 13.7. The molecule has 0 spiro atoms. The van der Waals surface area contributed by atoms with Crippen LogP contribution in [0.15, 0.2) is 18.2 Å². The standard InChI is InChI=1S/C14H20N2O3/c1-9(17)10-5-7-16(8-6-10)13-11(14(18)19)3-2-4-12(13)15/h2-4,9-10,17H,5-8,15H2,1H3,(H,18,19). The van der Waals surface area contributed by atoms with E-state index in [0.717, 1.165) is 25.9 Å². The number of rotatable bonds is 3. The quantitative estimate of drug-likeness (QED) is 0.721. The molecule has 0 radical (unpaired) electrons. The average molecular weight is 264 g/mol. The summed E-state index contributed by atoms with van der Waals surface area (Å²) in [5, 5.41) is 18.8. The summed E-state index contributed by atoms with van der Waals surface area (Å²) in [4.78, 5) is 13.3. The van der Waals surface area contributed by atoms with Gasteiger partial charge in [-0.15, -0.1) is 0 Å². The second-order valence-electron chi connectivity index (χ2n) is 5.11. The number of nitrogens with zero attached hydrogens (tertiary/aromatic N) is 1. The number of aliphatic hydroxyl groups is 1. The minimum absolute atomic E-state index is 0.246. The molecule has 2 rings (SSSR count). The first-order valence-electron chi connectivity index (χ1n) is 6.55. The van der Waals surface area contributed by atoms with Crippen LogP contribution < -0.4 is 10.6 Å². The lowest BCUT2D eigenvalue weighted by atomic mass is 9.91. The highest BCUT2D eigenvalue weighted by Gasteiger charge is 2.26. The first-order valence-corrected chi connectivity index (χ1v) is 6.55. The van der Waals surface area contributed by atoms with Gasteiger partial charge >= 0.3 is 5.97 Å². The van der Waals surface area contributed by atoms with Crippen molar-refractivity contribution >= 4 is 17.3 Å². The van der Waals surface area contributed by atoms with Crippen molar-refractivity contribution < 1.29 is 15.0 Å². The highest BCUT2D eigenvalue weighted by atomic mass is 16.4. The van der Waals surface area contributed by atoms with Crippen LogP contribution in [0.25, 0.3) is 0 Å². The highest BCUT2D eigenvalue weighted by Crippen LogP contribution is 2.32. The van der Waals surface area contributed by atoms with Crippen LogP contribution in [0, 0.1) is 5.92 Å². The molecule has 0 saturated carbocycles. The number of aliphatic hydroxyl groups excluding tert-OH is 1. The summed E-state index contributed by atoms with van der Waals surface area (Å²) in [6, 6.07) is 4.96. The molecule has 19 heavy (non-hydrogen) atoms. The number of aromatic carboxylic acids is 1. The van der Waals surface area contributed by atoms with Crippen LogP contribution in [-0.4, -0.2) is 35.4 Å². The second kappa shape index (κ2) is 5.48. The lowest BCUT2D eigenvalue weighted by molar-refractivity contribution is 0.0696. The fourth-order valence-corrected chi connectivity index (χ4v) is 2.69. The number of carboxylic acid groups (broad SMARTS) is 1. The Morgan fingerprint density at radius 1 is 1.42 bits per heavy atom. The van der Waals surface area contributed by atoms with Crippen LogP contribution in [0.5, 0.6) is 0 Å². The van der Waals surface area contributed by atoms with Crippen LogP contribution in [0.3, 0.4) is 0 Å². The number of hydrogen-bond donors (Lipinski definition) is 3. The number of nitrogens with two attached hydrogens (primary N) is 1. The minimum atomic E-state index is -0.958. The average Bonchev–Trinajstić information content (AvgIpc) is 2.38. The Labute approximate surface area is 112 Å². The van der Waals surface area contributed by atoms with Crippen LogP contribution in [0.2, 0.25) is 0 Å². The summed E-state index contributed by atoms with van der Waals surface area (Å²) in [7, 11) is 0. The van der Waals surface area contributed by atoms with E-state index < -0.39 is 5.97 Å². The summed E-state index contributed by atoms with van der Waals surface area (Å²) in [6.45, 7) is 3.26. The van der Waals surface area contributed by atoms with Crippen LogP contribution in [0.1, 0.15) is 30.1 Å². The van der Waals surface area contributed by atoms with Gasteiger partial charge in [0.1, 0.15) is 0 Å². The molecule has 1 aliphatic heterocycles. The van der Waals surface area contributed by atoms with Crippen LogP contribution in [0.4, 0.5) is 11.4 Å². The van der Waals surface area contributed by atoms with E-state index in [1.165, 1.54) is 0 Å². The van der Waals surface area contributed by atoms with E-state index in [2.05, 4.69) is 0 Å². The summed E-state index contributed by atoms with van der Waals surface area (Å²) >= 11 is 0. The van der Waals surface area contributed by atoms with Gasteiger partial charge in [-0.3, -0.25) is 0 Å². The molecule has 1 saturated heterocycles. The van der Waals surface area contributed by atoms with Gasteiger partial charge < -0.3 is 20.8 Å². The Hall–Kier alpha value is -1.75. The Morgan fingerprint density at radius 2 is 2.05 bits per heavy atom. The van der Waals surface area contributed by atoms with Crippen molar-refractivity contribution in [2.24, 2.45) is 5.92 Å². The Balaban J connectivity index is 2.22. The van der Waals surface area contributed by atoms with Crippen LogP contribution >= 0.6 is 0 Å². The van der Waals surface area contributed by atoms with E-state index in [4.69, 9.17) is 5.73 Å². The lowest BCUT2D eigenvalue weighted by Crippen LogP contribution is -2.38. The molecule has 0 aliphatic carbocycles. The Morgan fingerprint density at radius 3 is 2.58 bits per heavy atom. The monoisotopic (exact) mass is 264 g/mol. The normalized spacial score (nSPS) is 18.3. The molecule has 4 N–H and O–H groups in total. The largest absolute Gasteiger partial charge is 0.478 e. The van der Waals surface area contributed by atoms with E-state index in [1.54, 1.807) is 25.1 Å². The summed E-state index contributed by atoms with van der Waals surface area (Å²) < 4.78 is 0. The molecule has 1 unspecified atom stereocenters. The number of para-hydroxylation sites is 1. The van der Waals surface area contributed by atoms with E-state index >= 15 is 0 Å². The van der Waals surface area contributed by atoms with E-state index in [-0.39, 0.29) is 17.6 Å². The molecule has 1 heterocycles. The van der Waals surface area contributed by atoms with Gasteiger partial charge in [0.2, 0.25) is 0 Å². The smallest absolute Gasteiger partial charge is 0.337 e. The fraction of sp³-hybridized carbons (Fsp3) is 0.500. The van der Waals surface area contributed by atoms with E-state index in [1.807, 2.05) is 4.90 Å². The topological polar surface area (TPSA) is 86.8 Å². The van der Waals surface area contributed by atoms with Crippen molar-refractivity contribution in [2.75, 3.05) is 23.7 Å². The fourth-order valence-electron chi connectivity index (χ4n) is 2.69. The Bertz CT molecular complexity index is 466. The van der Waals surface area contributed by atoms with Crippen LogP contribution in [-0.2, 0) is 0 Å². The molecule has 5 nitrogen and oxygen atoms in total. The number of anilines is 2. The number of piperidine rings is 1. The number of carbonyl (C=O) groups is 1. The molecule has 0 aromatic heterocycles. The Kier molecular flexibility index (Phi) is 3.95. The molecule has 1 atom stereocenters. The van der Waals surface area contributed by atoms with Gasteiger partial charge in [-0.25, -0.2) is 4.79 Å². The number of nitrogen functional groups attached to an aromatic ring is 1. The molecule has 1 aliphatic rings. The van der Waals surface area contributed by atoms with Gasteiger partial charge in [0, 0.05) is 13.1 Å². The van der Waals surface area contributed by atoms with Gasteiger partial charge in [-0.2, -0.15) is 0 Å². The third-order valence-electron chi connectivity index (χ3n) is 3.84. The lowest BCUT2D eigenvalue weighted by Gasteiger charge is -2.36. The number of carboxylic acids is 1. The van der Waals surface area contributed by atoms with Crippen molar-refractivity contribution in [3.63, 3.8) is 0 Å². The zero-order valence-electron chi connectivity index (χ0n) is 11.0. The molecule has 0 amide bonds. The summed E-state index contributed by atoms with van der Waals surface area (Å²) in [5.74, 6) is -0.672. The van der Waals surface area contributed by atoms with E-state index in [0.29, 0.717) is 11.4 Å². The van der Waals surface area contributed by atoms with Gasteiger partial charge in [-0.1, -0.05) is 6.07 Å². The third-order valence-corrected chi connectivity index (χ3v) is 3.84. The molecule has 5 heteroatoms. The number of benzene rings is 1. The minimum Gasteiger partial charge on any atom is -0.478 e. The van der Waals surface area contributed by atoms with Gasteiger partial charge in [-0.05, 0) is 37.8 Å². The third kappa shape index (κ3) is 2.81. The predicted molar refractivity (Wildman–Crippen MR) is 74.4 cm³/mol. The number of hydrogen-bond acceptors (Lipinski definition) is 4. The summed E-state index contributed by atoms with van der Waals surface area (Å²) in [6.07, 6.45) is 1.39. The van der Waals surface area contributed by atoms with Crippen molar-refractivity contribution in [2.45, 2.75) is 25.9 Å². The molecule has 1 aromatic carbocycles. The maximum Gasteiger partial charge on any atom is 0.337 e. The zero-order valence-corrected chi connectivity index (χ0v) is 11.0. The molecular weight excluding hydrogens is 244 g/mol. The molecule has 104 valence electrons. The summed E-state index contributed by atoms with van der Waals surface area (Å²) in [5.41, 5.74) is 7.28. The molecule has 1 fully saturated rings. The molecule has 1 aromatic rings. The first-order chi connectivity index (χ1) is 9.00. The van der Waals surface area contributed by atoms with Crippen molar-refractivity contribution in [1.29, 1.82) is 0 Å². The SMILES string of the molecule is CC(O)C1CCN(c2c(N)cccc2C(=O)O)CC1. The molecular formula is C14H20N2O3.